The van der Waals surface area contributed by atoms with Crippen LogP contribution in [-0.4, -0.2) is 61.5 Å². The van der Waals surface area contributed by atoms with Crippen molar-refractivity contribution in [2.24, 2.45) is 5.41 Å². The number of methoxy groups -OCH3 is 1. The van der Waals surface area contributed by atoms with Gasteiger partial charge in [-0.15, -0.1) is 0 Å². The van der Waals surface area contributed by atoms with Crippen molar-refractivity contribution < 1.29 is 18.7 Å². The number of piperidine rings is 2. The highest BCUT2D eigenvalue weighted by Crippen LogP contribution is 2.41. The lowest BCUT2D eigenvalue weighted by molar-refractivity contribution is -0.153. The van der Waals surface area contributed by atoms with E-state index >= 15 is 0 Å². The molecule has 5 nitrogen and oxygen atoms in total. The first-order valence-corrected chi connectivity index (χ1v) is 9.85. The van der Waals surface area contributed by atoms with Crippen molar-refractivity contribution in [3.63, 3.8) is 0 Å². The van der Waals surface area contributed by atoms with E-state index in [4.69, 9.17) is 4.74 Å². The van der Waals surface area contributed by atoms with Gasteiger partial charge in [-0.1, -0.05) is 18.2 Å². The fourth-order valence-electron chi connectivity index (χ4n) is 4.32. The predicted molar refractivity (Wildman–Crippen MR) is 101 cm³/mol. The zero-order valence-electron chi connectivity index (χ0n) is 16.1. The van der Waals surface area contributed by atoms with Crippen LogP contribution in [-0.2, 0) is 20.7 Å². The highest BCUT2D eigenvalue weighted by Gasteiger charge is 2.45. The Morgan fingerprint density at radius 1 is 1.19 bits per heavy atom. The standard InChI is InChI=1S/C21H29FN2O3/c1-27-16-15-24-12-4-9-21(20(24)26)10-13-23(14-11-21)19(25)8-7-17-5-2-3-6-18(17)22/h2-3,5-6H,4,7-16H2,1H3. The van der Waals surface area contributed by atoms with Gasteiger partial charge in [0.25, 0.3) is 0 Å². The molecular weight excluding hydrogens is 347 g/mol. The highest BCUT2D eigenvalue weighted by molar-refractivity contribution is 5.84. The van der Waals surface area contributed by atoms with Gasteiger partial charge in [0.1, 0.15) is 5.82 Å². The molecule has 0 bridgehead atoms. The van der Waals surface area contributed by atoms with Crippen LogP contribution in [0.15, 0.2) is 24.3 Å². The first-order chi connectivity index (χ1) is 13.1. The molecule has 0 saturated carbocycles. The van der Waals surface area contributed by atoms with Gasteiger partial charge in [0, 0.05) is 39.7 Å². The van der Waals surface area contributed by atoms with Crippen LogP contribution in [0.1, 0.15) is 37.7 Å². The Kier molecular flexibility index (Phi) is 6.47. The van der Waals surface area contributed by atoms with Gasteiger partial charge in [0.15, 0.2) is 0 Å². The summed E-state index contributed by atoms with van der Waals surface area (Å²) in [6, 6.07) is 6.59. The average molecular weight is 376 g/mol. The number of likely N-dealkylation sites (tertiary alicyclic amines) is 2. The molecule has 2 amide bonds. The van der Waals surface area contributed by atoms with Gasteiger partial charge >= 0.3 is 0 Å². The Labute approximate surface area is 160 Å². The van der Waals surface area contributed by atoms with Crippen LogP contribution < -0.4 is 0 Å². The molecule has 2 aliphatic heterocycles. The second-order valence-electron chi connectivity index (χ2n) is 7.64. The number of carbonyl (C=O) groups is 2. The maximum atomic E-state index is 13.7. The van der Waals surface area contributed by atoms with E-state index in [9.17, 15) is 14.0 Å². The fraction of sp³-hybridized carbons (Fsp3) is 0.619. The molecule has 0 N–H and O–H groups in total. The Hall–Kier alpha value is -1.95. The summed E-state index contributed by atoms with van der Waals surface area (Å²) in [5, 5.41) is 0. The number of hydrogen-bond acceptors (Lipinski definition) is 3. The Morgan fingerprint density at radius 2 is 1.93 bits per heavy atom. The number of ether oxygens (including phenoxy) is 1. The van der Waals surface area contributed by atoms with Gasteiger partial charge in [0.05, 0.1) is 12.0 Å². The number of rotatable bonds is 6. The topological polar surface area (TPSA) is 49.9 Å². The van der Waals surface area contributed by atoms with E-state index in [1.54, 1.807) is 25.3 Å². The Bertz CT molecular complexity index is 671. The summed E-state index contributed by atoms with van der Waals surface area (Å²) in [4.78, 5) is 29.3. The smallest absolute Gasteiger partial charge is 0.229 e. The first-order valence-electron chi connectivity index (χ1n) is 9.85. The van der Waals surface area contributed by atoms with Gasteiger partial charge in [-0.25, -0.2) is 4.39 Å². The lowest BCUT2D eigenvalue weighted by Gasteiger charge is -2.46. The monoisotopic (exact) mass is 376 g/mol. The van der Waals surface area contributed by atoms with E-state index in [0.717, 1.165) is 32.2 Å². The normalized spacial score (nSPS) is 19.6. The minimum Gasteiger partial charge on any atom is -0.383 e. The quantitative estimate of drug-likeness (QED) is 0.767. The minimum atomic E-state index is -0.311. The van der Waals surface area contributed by atoms with E-state index in [0.29, 0.717) is 44.6 Å². The molecule has 1 aromatic rings. The number of benzene rings is 1. The predicted octanol–water partition coefficient (Wildman–Crippen LogP) is 2.64. The molecule has 1 spiro atoms. The van der Waals surface area contributed by atoms with Crippen molar-refractivity contribution in [1.29, 1.82) is 0 Å². The summed E-state index contributed by atoms with van der Waals surface area (Å²) in [7, 11) is 1.65. The van der Waals surface area contributed by atoms with E-state index in [-0.39, 0.29) is 23.0 Å². The third-order valence-electron chi connectivity index (χ3n) is 6.03. The third-order valence-corrected chi connectivity index (χ3v) is 6.03. The summed E-state index contributed by atoms with van der Waals surface area (Å²) in [5.74, 6) is 0.0173. The van der Waals surface area contributed by atoms with Crippen LogP contribution >= 0.6 is 0 Å². The zero-order chi connectivity index (χ0) is 19.3. The maximum Gasteiger partial charge on any atom is 0.229 e. The average Bonchev–Trinajstić information content (AvgIpc) is 2.69. The summed E-state index contributed by atoms with van der Waals surface area (Å²) in [5.41, 5.74) is 0.268. The maximum absolute atomic E-state index is 13.7. The second-order valence-corrected chi connectivity index (χ2v) is 7.64. The fourth-order valence-corrected chi connectivity index (χ4v) is 4.32. The van der Waals surface area contributed by atoms with Crippen LogP contribution in [0.3, 0.4) is 0 Å². The number of nitrogens with zero attached hydrogens (tertiary/aromatic N) is 2. The molecule has 1 aromatic carbocycles. The molecule has 2 aliphatic rings. The van der Waals surface area contributed by atoms with E-state index in [1.165, 1.54) is 6.07 Å². The molecular formula is C21H29FN2O3. The van der Waals surface area contributed by atoms with Gasteiger partial charge < -0.3 is 14.5 Å². The molecule has 148 valence electrons. The second kappa shape index (κ2) is 8.83. The minimum absolute atomic E-state index is 0.0487. The molecule has 0 aliphatic carbocycles. The largest absolute Gasteiger partial charge is 0.383 e. The lowest BCUT2D eigenvalue weighted by atomic mass is 9.71. The Balaban J connectivity index is 1.52. The molecule has 2 saturated heterocycles. The molecule has 3 rings (SSSR count). The number of hydrogen-bond donors (Lipinski definition) is 0. The van der Waals surface area contributed by atoms with E-state index in [1.807, 2.05) is 9.80 Å². The van der Waals surface area contributed by atoms with Crippen molar-refractivity contribution in [3.05, 3.63) is 35.6 Å². The van der Waals surface area contributed by atoms with Gasteiger partial charge in [0.2, 0.25) is 11.8 Å². The molecule has 27 heavy (non-hydrogen) atoms. The SMILES string of the molecule is COCCN1CCCC2(CCN(C(=O)CCc3ccccc3F)CC2)C1=O. The molecule has 2 fully saturated rings. The van der Waals surface area contributed by atoms with Crippen LogP contribution in [0.2, 0.25) is 0 Å². The van der Waals surface area contributed by atoms with Gasteiger partial charge in [-0.3, -0.25) is 9.59 Å². The third kappa shape index (κ3) is 4.49. The van der Waals surface area contributed by atoms with Crippen molar-refractivity contribution >= 4 is 11.8 Å². The van der Waals surface area contributed by atoms with Crippen molar-refractivity contribution in [2.75, 3.05) is 39.9 Å². The summed E-state index contributed by atoms with van der Waals surface area (Å²) >= 11 is 0. The van der Waals surface area contributed by atoms with Gasteiger partial charge in [-0.05, 0) is 43.7 Å². The Morgan fingerprint density at radius 3 is 2.63 bits per heavy atom. The van der Waals surface area contributed by atoms with Gasteiger partial charge in [-0.2, -0.15) is 0 Å². The van der Waals surface area contributed by atoms with E-state index in [2.05, 4.69) is 0 Å². The van der Waals surface area contributed by atoms with Crippen LogP contribution in [0.25, 0.3) is 0 Å². The summed E-state index contributed by atoms with van der Waals surface area (Å²) < 4.78 is 18.8. The molecule has 0 radical (unpaired) electrons. The zero-order valence-corrected chi connectivity index (χ0v) is 16.1. The summed E-state index contributed by atoms with van der Waals surface area (Å²) in [6.07, 6.45) is 4.09. The number of amides is 2. The molecule has 0 unspecified atom stereocenters. The molecule has 0 atom stereocenters. The number of halogens is 1. The highest BCUT2D eigenvalue weighted by atomic mass is 19.1. The lowest BCUT2D eigenvalue weighted by Crippen LogP contribution is -2.54. The van der Waals surface area contributed by atoms with E-state index < -0.39 is 0 Å². The van der Waals surface area contributed by atoms with Crippen molar-refractivity contribution in [2.45, 2.75) is 38.5 Å². The molecule has 2 heterocycles. The first kappa shape index (κ1) is 19.8. The van der Waals surface area contributed by atoms with Crippen LogP contribution in [0, 0.1) is 11.2 Å². The molecule has 6 heteroatoms. The number of aryl methyl sites for hydroxylation is 1. The van der Waals surface area contributed by atoms with Crippen molar-refractivity contribution in [1.82, 2.24) is 9.80 Å². The molecule has 0 aromatic heterocycles. The van der Waals surface area contributed by atoms with Crippen molar-refractivity contribution in [3.8, 4) is 0 Å². The number of carbonyl (C=O) groups excluding carboxylic acids is 2. The van der Waals surface area contributed by atoms with Crippen LogP contribution in [0.5, 0.6) is 0 Å². The summed E-state index contributed by atoms with van der Waals surface area (Å²) in [6.45, 7) is 3.22. The van der Waals surface area contributed by atoms with Crippen LogP contribution in [0.4, 0.5) is 4.39 Å².